The van der Waals surface area contributed by atoms with Crippen molar-refractivity contribution >= 4 is 11.8 Å². The van der Waals surface area contributed by atoms with E-state index in [4.69, 9.17) is 14.2 Å². The summed E-state index contributed by atoms with van der Waals surface area (Å²) in [5.74, 6) is -0.751. The molecule has 230 valence electrons. The topological polar surface area (TPSA) is 201 Å². The fourth-order valence-electron chi connectivity index (χ4n) is 4.36. The predicted molar refractivity (Wildman–Crippen MR) is 148 cm³/mol. The number of amides is 2. The molecule has 0 saturated carbocycles. The number of nitriles is 1. The number of hydrogen-bond acceptors (Lipinski definition) is 11. The third-order valence-electron chi connectivity index (χ3n) is 6.63. The number of hydrogen-bond donors (Lipinski definition) is 5. The summed E-state index contributed by atoms with van der Waals surface area (Å²) in [5.41, 5.74) is 1.58. The van der Waals surface area contributed by atoms with Crippen molar-refractivity contribution in [2.24, 2.45) is 0 Å². The first-order valence-electron chi connectivity index (χ1n) is 14.0. The van der Waals surface area contributed by atoms with Gasteiger partial charge in [-0.15, -0.1) is 5.10 Å². The molecule has 3 rings (SSSR count). The van der Waals surface area contributed by atoms with Crippen LogP contribution in [0.15, 0.2) is 30.5 Å². The van der Waals surface area contributed by atoms with E-state index in [0.29, 0.717) is 29.8 Å². The van der Waals surface area contributed by atoms with Crippen LogP contribution in [0.2, 0.25) is 0 Å². The highest BCUT2D eigenvalue weighted by Crippen LogP contribution is 2.32. The second-order valence-corrected chi connectivity index (χ2v) is 10.2. The van der Waals surface area contributed by atoms with Gasteiger partial charge in [-0.1, -0.05) is 30.2 Å². The zero-order valence-corrected chi connectivity index (χ0v) is 23.9. The lowest BCUT2D eigenvalue weighted by Gasteiger charge is -2.41. The third-order valence-corrected chi connectivity index (χ3v) is 6.63. The van der Waals surface area contributed by atoms with Crippen molar-refractivity contribution in [2.75, 3.05) is 26.5 Å². The van der Waals surface area contributed by atoms with Crippen LogP contribution >= 0.6 is 0 Å². The van der Waals surface area contributed by atoms with Crippen molar-refractivity contribution in [1.29, 1.82) is 5.26 Å². The Hall–Kier alpha value is -3.45. The minimum absolute atomic E-state index is 0.0136. The van der Waals surface area contributed by atoms with Crippen LogP contribution in [0.4, 0.5) is 0 Å². The van der Waals surface area contributed by atoms with E-state index in [9.17, 15) is 30.2 Å². The maximum absolute atomic E-state index is 11.9. The normalized spacial score (nSPS) is 22.1. The van der Waals surface area contributed by atoms with E-state index in [1.54, 1.807) is 30.5 Å². The maximum atomic E-state index is 11.9. The van der Waals surface area contributed by atoms with E-state index in [0.717, 1.165) is 19.3 Å². The number of ether oxygens (including phenoxy) is 3. The highest BCUT2D eigenvalue weighted by atomic mass is 16.7. The highest BCUT2D eigenvalue weighted by molar-refractivity contribution is 5.96. The zero-order valence-electron chi connectivity index (χ0n) is 23.9. The van der Waals surface area contributed by atoms with E-state index in [-0.39, 0.29) is 31.8 Å². The summed E-state index contributed by atoms with van der Waals surface area (Å²) in [6, 6.07) is 7.98. The molecule has 1 aliphatic heterocycles. The number of aliphatic hydroxyl groups is 3. The first kappa shape index (κ1) is 33.1. The van der Waals surface area contributed by atoms with Crippen molar-refractivity contribution in [3.05, 3.63) is 36.0 Å². The number of aromatic nitrogens is 3. The second kappa shape index (κ2) is 16.9. The molecule has 2 aromatic rings. The number of benzene rings is 1. The number of carbonyl (C=O) groups excluding carboxylic acids is 2. The van der Waals surface area contributed by atoms with Crippen LogP contribution < -0.4 is 10.6 Å². The molecule has 0 aliphatic carbocycles. The van der Waals surface area contributed by atoms with Crippen molar-refractivity contribution in [1.82, 2.24) is 25.6 Å². The van der Waals surface area contributed by atoms with E-state index >= 15 is 0 Å². The molecule has 1 fully saturated rings. The highest BCUT2D eigenvalue weighted by Gasteiger charge is 2.46. The second-order valence-electron chi connectivity index (χ2n) is 10.2. The Kier molecular flexibility index (Phi) is 13.3. The van der Waals surface area contributed by atoms with Crippen LogP contribution in [0.25, 0.3) is 11.3 Å². The van der Waals surface area contributed by atoms with E-state index in [2.05, 4.69) is 27.0 Å². The van der Waals surface area contributed by atoms with Crippen molar-refractivity contribution < 1.29 is 39.1 Å². The number of aliphatic hydroxyl groups excluding tert-OH is 3. The molecule has 5 unspecified atom stereocenters. The van der Waals surface area contributed by atoms with Gasteiger partial charge in [-0.05, 0) is 38.8 Å². The quantitative estimate of drug-likeness (QED) is 0.103. The van der Waals surface area contributed by atoms with Crippen LogP contribution in [0.3, 0.4) is 0 Å². The standard InChI is InChI=1S/C28H40N6O8/c1-18(2)41-17-31-24(37)13-23(36)30-10-5-3-4-6-11-40-28-25(27(39)26(38)22(16-35)42-28)34-15-21(32-33-34)20-9-7-8-19(12-20)14-29/h7-9,12,15,18,22,25-28,35,38-39H,3-6,10-11,13,16-17H2,1-2H3,(H,30,36)(H,31,37). The monoisotopic (exact) mass is 588 g/mol. The lowest BCUT2D eigenvalue weighted by molar-refractivity contribution is -0.281. The summed E-state index contributed by atoms with van der Waals surface area (Å²) in [6.07, 6.45) is -0.496. The number of nitrogens with zero attached hydrogens (tertiary/aromatic N) is 4. The summed E-state index contributed by atoms with van der Waals surface area (Å²) >= 11 is 0. The summed E-state index contributed by atoms with van der Waals surface area (Å²) in [5, 5.41) is 53.6. The van der Waals surface area contributed by atoms with Crippen molar-refractivity contribution in [3.63, 3.8) is 0 Å². The lowest BCUT2D eigenvalue weighted by Crippen LogP contribution is -2.56. The fraction of sp³-hybridized carbons (Fsp3) is 0.607. The van der Waals surface area contributed by atoms with Gasteiger partial charge < -0.3 is 40.2 Å². The number of carbonyl (C=O) groups is 2. The van der Waals surface area contributed by atoms with E-state index < -0.39 is 43.2 Å². The molecule has 0 spiro atoms. The Morgan fingerprint density at radius 1 is 1.14 bits per heavy atom. The number of nitrogens with one attached hydrogen (secondary N) is 2. The Bertz CT molecular complexity index is 1190. The fourth-order valence-corrected chi connectivity index (χ4v) is 4.36. The van der Waals surface area contributed by atoms with Crippen LogP contribution in [0, 0.1) is 11.3 Å². The Morgan fingerprint density at radius 2 is 1.90 bits per heavy atom. The van der Waals surface area contributed by atoms with Crippen LogP contribution in [-0.2, 0) is 23.8 Å². The van der Waals surface area contributed by atoms with Crippen LogP contribution in [-0.4, -0.2) is 99.3 Å². The van der Waals surface area contributed by atoms with Gasteiger partial charge in [-0.3, -0.25) is 9.59 Å². The van der Waals surface area contributed by atoms with Gasteiger partial charge in [0, 0.05) is 18.7 Å². The number of rotatable bonds is 16. The molecule has 1 aromatic heterocycles. The van der Waals surface area contributed by atoms with Gasteiger partial charge in [0.15, 0.2) is 6.29 Å². The van der Waals surface area contributed by atoms with E-state index in [1.807, 2.05) is 13.8 Å². The lowest BCUT2D eigenvalue weighted by atomic mass is 9.97. The molecule has 5 N–H and O–H groups in total. The van der Waals surface area contributed by atoms with E-state index in [1.165, 1.54) is 4.68 Å². The summed E-state index contributed by atoms with van der Waals surface area (Å²) < 4.78 is 18.3. The van der Waals surface area contributed by atoms with Crippen molar-refractivity contribution in [2.45, 2.75) is 82.7 Å². The largest absolute Gasteiger partial charge is 0.394 e. The Labute approximate surface area is 244 Å². The molecule has 1 aliphatic rings. The minimum Gasteiger partial charge on any atom is -0.394 e. The maximum Gasteiger partial charge on any atom is 0.231 e. The molecule has 2 amide bonds. The Balaban J connectivity index is 1.44. The molecular formula is C28H40N6O8. The summed E-state index contributed by atoms with van der Waals surface area (Å²) in [7, 11) is 0. The average molecular weight is 589 g/mol. The van der Waals surface area contributed by atoms with Gasteiger partial charge in [-0.2, -0.15) is 5.26 Å². The molecule has 5 atom stereocenters. The first-order valence-corrected chi connectivity index (χ1v) is 14.0. The van der Waals surface area contributed by atoms with Crippen molar-refractivity contribution in [3.8, 4) is 17.3 Å². The van der Waals surface area contributed by atoms with Crippen LogP contribution in [0.5, 0.6) is 0 Å². The van der Waals surface area contributed by atoms with Gasteiger partial charge in [-0.25, -0.2) is 4.68 Å². The number of unbranched alkanes of at least 4 members (excludes halogenated alkanes) is 3. The minimum atomic E-state index is -1.37. The Morgan fingerprint density at radius 3 is 2.64 bits per heavy atom. The summed E-state index contributed by atoms with van der Waals surface area (Å²) in [6.45, 7) is 3.98. The van der Waals surface area contributed by atoms with Gasteiger partial charge in [0.2, 0.25) is 11.8 Å². The third kappa shape index (κ3) is 9.83. The first-order chi connectivity index (χ1) is 20.2. The molecule has 0 radical (unpaired) electrons. The summed E-state index contributed by atoms with van der Waals surface area (Å²) in [4.78, 5) is 23.6. The van der Waals surface area contributed by atoms with Gasteiger partial charge >= 0.3 is 0 Å². The smallest absolute Gasteiger partial charge is 0.231 e. The molecule has 0 bridgehead atoms. The SMILES string of the molecule is CC(C)OCNC(=O)CC(=O)NCCCCCCOC1OC(CO)C(O)C(O)C1n1cc(-c2cccc(C#N)c2)nn1. The molecule has 1 aromatic carbocycles. The molecule has 14 heteroatoms. The molecule has 42 heavy (non-hydrogen) atoms. The predicted octanol–water partition coefficient (Wildman–Crippen LogP) is 0.379. The average Bonchev–Trinajstić information content (AvgIpc) is 3.45. The van der Waals surface area contributed by atoms with Crippen LogP contribution in [0.1, 0.15) is 57.6 Å². The molecular weight excluding hydrogens is 548 g/mol. The molecule has 14 nitrogen and oxygen atoms in total. The van der Waals surface area contributed by atoms with Gasteiger partial charge in [0.05, 0.1) is 30.5 Å². The zero-order chi connectivity index (χ0) is 30.5. The van der Waals surface area contributed by atoms with Gasteiger partial charge in [0.25, 0.3) is 0 Å². The van der Waals surface area contributed by atoms with Gasteiger partial charge in [0.1, 0.15) is 43.2 Å². The molecule has 1 saturated heterocycles. The molecule has 2 heterocycles.